The van der Waals surface area contributed by atoms with Crippen LogP contribution in [0.15, 0.2) is 29.3 Å². The maximum absolute atomic E-state index is 13.0. The maximum atomic E-state index is 13.0. The van der Waals surface area contributed by atoms with Gasteiger partial charge in [0.15, 0.2) is 5.96 Å². The molecule has 1 aliphatic rings. The van der Waals surface area contributed by atoms with E-state index in [0.29, 0.717) is 18.4 Å². The highest BCUT2D eigenvalue weighted by molar-refractivity contribution is 5.86. The number of nitrogens with one attached hydrogen (secondary N) is 2. The Hall–Kier alpha value is -2.11. The van der Waals surface area contributed by atoms with Crippen molar-refractivity contribution in [1.29, 1.82) is 0 Å². The molecule has 1 aliphatic carbocycles. The fourth-order valence-electron chi connectivity index (χ4n) is 2.88. The highest BCUT2D eigenvalue weighted by atomic mass is 19.1. The third-order valence-electron chi connectivity index (χ3n) is 4.52. The minimum atomic E-state index is -0.252. The molecule has 1 saturated carbocycles. The molecule has 0 aliphatic heterocycles. The molecule has 2 rings (SSSR count). The van der Waals surface area contributed by atoms with Crippen molar-refractivity contribution in [2.24, 2.45) is 10.9 Å². The number of benzene rings is 1. The van der Waals surface area contributed by atoms with Crippen LogP contribution in [0.1, 0.15) is 37.7 Å². The van der Waals surface area contributed by atoms with Gasteiger partial charge in [-0.3, -0.25) is 4.79 Å². The Morgan fingerprint density at radius 3 is 2.48 bits per heavy atom. The quantitative estimate of drug-likeness (QED) is 0.614. The van der Waals surface area contributed by atoms with E-state index in [-0.39, 0.29) is 18.3 Å². The summed E-state index contributed by atoms with van der Waals surface area (Å²) in [5, 5.41) is 6.46. The molecule has 0 unspecified atom stereocenters. The molecule has 0 heterocycles. The number of hydrogen-bond acceptors (Lipinski definition) is 2. The summed E-state index contributed by atoms with van der Waals surface area (Å²) in [5.74, 6) is 1.04. The molecule has 25 heavy (non-hydrogen) atoms. The van der Waals surface area contributed by atoms with E-state index in [0.717, 1.165) is 12.1 Å². The van der Waals surface area contributed by atoms with Gasteiger partial charge in [0, 0.05) is 20.6 Å². The van der Waals surface area contributed by atoms with Crippen molar-refractivity contribution in [1.82, 2.24) is 15.5 Å². The minimum Gasteiger partial charge on any atom is -0.356 e. The molecule has 1 fully saturated rings. The second-order valence-electron chi connectivity index (χ2n) is 6.82. The van der Waals surface area contributed by atoms with Crippen molar-refractivity contribution >= 4 is 11.9 Å². The molecule has 1 aromatic rings. The van der Waals surface area contributed by atoms with Gasteiger partial charge < -0.3 is 15.5 Å². The molecule has 0 bridgehead atoms. The number of guanidine groups is 1. The molecule has 0 saturated heterocycles. The van der Waals surface area contributed by atoms with Gasteiger partial charge in [-0.25, -0.2) is 9.38 Å². The third kappa shape index (κ3) is 7.11. The average Bonchev–Trinajstić information content (AvgIpc) is 2.63. The van der Waals surface area contributed by atoms with Crippen LogP contribution in [0.3, 0.4) is 0 Å². The number of rotatable bonds is 6. The van der Waals surface area contributed by atoms with Crippen LogP contribution in [-0.2, 0) is 11.3 Å². The standard InChI is InChI=1S/C19H29FN4O/c1-24(2)18(25)14-23-19(21-12-15-6-4-3-5-7-15)22-13-16-8-10-17(20)11-9-16/h8-11,15H,3-7,12-14H2,1-2H3,(H2,21,22,23). The second kappa shape index (κ2) is 10.0. The summed E-state index contributed by atoms with van der Waals surface area (Å²) >= 11 is 0. The number of aliphatic imine (C=N–C) groups is 1. The van der Waals surface area contributed by atoms with Crippen LogP contribution in [0.4, 0.5) is 4.39 Å². The average molecular weight is 348 g/mol. The van der Waals surface area contributed by atoms with Crippen LogP contribution < -0.4 is 10.6 Å². The number of carbonyl (C=O) groups excluding carboxylic acids is 1. The zero-order valence-electron chi connectivity index (χ0n) is 15.2. The van der Waals surface area contributed by atoms with Gasteiger partial charge in [0.05, 0.1) is 13.1 Å². The van der Waals surface area contributed by atoms with E-state index in [4.69, 9.17) is 0 Å². The van der Waals surface area contributed by atoms with Gasteiger partial charge in [0.2, 0.25) is 5.91 Å². The lowest BCUT2D eigenvalue weighted by Gasteiger charge is -2.23. The highest BCUT2D eigenvalue weighted by Gasteiger charge is 2.14. The summed E-state index contributed by atoms with van der Waals surface area (Å²) in [5.41, 5.74) is 0.930. The molecular weight excluding hydrogens is 319 g/mol. The SMILES string of the molecule is CN(C)C(=O)CNC(=NCc1ccc(F)cc1)NCC1CCCCC1. The first kappa shape index (κ1) is 19.2. The Labute approximate surface area is 149 Å². The summed E-state index contributed by atoms with van der Waals surface area (Å²) < 4.78 is 13.0. The lowest BCUT2D eigenvalue weighted by molar-refractivity contribution is -0.127. The van der Waals surface area contributed by atoms with Crippen molar-refractivity contribution in [3.63, 3.8) is 0 Å². The number of carbonyl (C=O) groups is 1. The van der Waals surface area contributed by atoms with Gasteiger partial charge in [-0.15, -0.1) is 0 Å². The van der Waals surface area contributed by atoms with Crippen molar-refractivity contribution in [2.75, 3.05) is 27.2 Å². The van der Waals surface area contributed by atoms with E-state index in [1.165, 1.54) is 44.2 Å². The Balaban J connectivity index is 1.92. The van der Waals surface area contributed by atoms with E-state index in [1.807, 2.05) is 0 Å². The zero-order chi connectivity index (χ0) is 18.1. The molecule has 2 N–H and O–H groups in total. The van der Waals surface area contributed by atoms with E-state index < -0.39 is 0 Å². The molecule has 6 heteroatoms. The topological polar surface area (TPSA) is 56.7 Å². The second-order valence-corrected chi connectivity index (χ2v) is 6.82. The molecule has 1 aromatic carbocycles. The van der Waals surface area contributed by atoms with Crippen LogP contribution in [0, 0.1) is 11.7 Å². The number of likely N-dealkylation sites (N-methyl/N-ethyl adjacent to an activating group) is 1. The van der Waals surface area contributed by atoms with E-state index in [2.05, 4.69) is 15.6 Å². The molecule has 5 nitrogen and oxygen atoms in total. The van der Waals surface area contributed by atoms with Crippen molar-refractivity contribution in [3.05, 3.63) is 35.6 Å². The maximum Gasteiger partial charge on any atom is 0.241 e. The van der Waals surface area contributed by atoms with Gasteiger partial charge in [-0.05, 0) is 36.5 Å². The molecule has 0 spiro atoms. The fraction of sp³-hybridized carbons (Fsp3) is 0.579. The predicted octanol–water partition coefficient (Wildman–Crippen LogP) is 2.53. The highest BCUT2D eigenvalue weighted by Crippen LogP contribution is 2.22. The predicted molar refractivity (Wildman–Crippen MR) is 98.8 cm³/mol. The summed E-state index contributed by atoms with van der Waals surface area (Å²) in [6, 6.07) is 6.32. The largest absolute Gasteiger partial charge is 0.356 e. The lowest BCUT2D eigenvalue weighted by atomic mass is 9.89. The number of amides is 1. The van der Waals surface area contributed by atoms with Crippen LogP contribution in [0.2, 0.25) is 0 Å². The first-order valence-electron chi connectivity index (χ1n) is 9.01. The first-order valence-corrected chi connectivity index (χ1v) is 9.01. The van der Waals surface area contributed by atoms with Gasteiger partial charge in [-0.2, -0.15) is 0 Å². The third-order valence-corrected chi connectivity index (χ3v) is 4.52. The zero-order valence-corrected chi connectivity index (χ0v) is 15.2. The number of hydrogen-bond donors (Lipinski definition) is 2. The Kier molecular flexibility index (Phi) is 7.70. The van der Waals surface area contributed by atoms with E-state index >= 15 is 0 Å². The monoisotopic (exact) mass is 348 g/mol. The number of halogens is 1. The Morgan fingerprint density at radius 2 is 1.84 bits per heavy atom. The molecule has 138 valence electrons. The van der Waals surface area contributed by atoms with Crippen LogP contribution >= 0.6 is 0 Å². The molecule has 0 atom stereocenters. The number of nitrogens with zero attached hydrogens (tertiary/aromatic N) is 2. The molecular formula is C19H29FN4O. The van der Waals surface area contributed by atoms with Crippen molar-refractivity contribution in [3.8, 4) is 0 Å². The van der Waals surface area contributed by atoms with Gasteiger partial charge >= 0.3 is 0 Å². The van der Waals surface area contributed by atoms with E-state index in [1.54, 1.807) is 31.1 Å². The summed E-state index contributed by atoms with van der Waals surface area (Å²) in [4.78, 5) is 17.9. The summed E-state index contributed by atoms with van der Waals surface area (Å²) in [7, 11) is 3.46. The summed E-state index contributed by atoms with van der Waals surface area (Å²) in [6.45, 7) is 1.51. The molecule has 0 aromatic heterocycles. The minimum absolute atomic E-state index is 0.00560. The van der Waals surface area contributed by atoms with E-state index in [9.17, 15) is 9.18 Å². The van der Waals surface area contributed by atoms with Gasteiger partial charge in [0.1, 0.15) is 5.82 Å². The fourth-order valence-corrected chi connectivity index (χ4v) is 2.88. The van der Waals surface area contributed by atoms with Gasteiger partial charge in [-0.1, -0.05) is 31.4 Å². The van der Waals surface area contributed by atoms with Crippen LogP contribution in [0.5, 0.6) is 0 Å². The first-order chi connectivity index (χ1) is 12.0. The molecule has 1 amide bonds. The van der Waals surface area contributed by atoms with Gasteiger partial charge in [0.25, 0.3) is 0 Å². The smallest absolute Gasteiger partial charge is 0.241 e. The van der Waals surface area contributed by atoms with Crippen LogP contribution in [0.25, 0.3) is 0 Å². The molecule has 0 radical (unpaired) electrons. The summed E-state index contributed by atoms with van der Waals surface area (Å²) in [6.07, 6.45) is 6.41. The normalized spacial score (nSPS) is 15.7. The Bertz CT molecular complexity index is 565. The van der Waals surface area contributed by atoms with Crippen molar-refractivity contribution < 1.29 is 9.18 Å². The lowest BCUT2D eigenvalue weighted by Crippen LogP contribution is -2.44. The van der Waals surface area contributed by atoms with Crippen LogP contribution in [-0.4, -0.2) is 44.0 Å². The Morgan fingerprint density at radius 1 is 1.16 bits per heavy atom. The van der Waals surface area contributed by atoms with Crippen molar-refractivity contribution in [2.45, 2.75) is 38.6 Å².